The Kier molecular flexibility index (Phi) is 18.3. The zero-order chi connectivity index (χ0) is 24.2. The molecule has 33 heavy (non-hydrogen) atoms. The number of hydrogen-bond acceptors (Lipinski definition) is 2. The lowest BCUT2D eigenvalue weighted by Crippen LogP contribution is -2.05. The lowest BCUT2D eigenvalue weighted by Gasteiger charge is -2.20. The summed E-state index contributed by atoms with van der Waals surface area (Å²) in [5.74, 6) is 1.10. The Morgan fingerprint density at radius 3 is 1.39 bits per heavy atom. The van der Waals surface area contributed by atoms with Crippen molar-refractivity contribution in [2.45, 2.75) is 156 Å². The molecule has 0 amide bonds. The second-order valence-electron chi connectivity index (χ2n) is 10.1. The van der Waals surface area contributed by atoms with Crippen LogP contribution in [0.4, 0.5) is 0 Å². The molecule has 192 valence electrons. The zero-order valence-electron chi connectivity index (χ0n) is 22.8. The minimum Gasteiger partial charge on any atom is -0.504 e. The Morgan fingerprint density at radius 1 is 0.545 bits per heavy atom. The van der Waals surface area contributed by atoms with Crippen molar-refractivity contribution in [2.24, 2.45) is 0 Å². The van der Waals surface area contributed by atoms with Crippen molar-refractivity contribution in [1.29, 1.82) is 0 Å². The molecule has 1 aromatic rings. The average molecular weight is 461 g/mol. The molecule has 0 saturated carbocycles. The van der Waals surface area contributed by atoms with Gasteiger partial charge in [0.15, 0.2) is 11.5 Å². The first-order chi connectivity index (χ1) is 16.2. The first-order valence-electron chi connectivity index (χ1n) is 14.6. The fourth-order valence-electron chi connectivity index (χ4n) is 5.09. The topological polar surface area (TPSA) is 29.5 Å². The van der Waals surface area contributed by atoms with Gasteiger partial charge in [-0.25, -0.2) is 0 Å². The van der Waals surface area contributed by atoms with E-state index in [4.69, 9.17) is 4.74 Å². The van der Waals surface area contributed by atoms with Gasteiger partial charge in [0.25, 0.3) is 0 Å². The number of phenolic OH excluding ortho intramolecular Hbond substituents is 1. The number of aryl methyl sites for hydroxylation is 1. The molecule has 0 spiro atoms. The van der Waals surface area contributed by atoms with Gasteiger partial charge in [0, 0.05) is 5.56 Å². The van der Waals surface area contributed by atoms with E-state index in [1.54, 1.807) is 7.11 Å². The van der Waals surface area contributed by atoms with E-state index in [1.165, 1.54) is 132 Å². The molecular weight excluding hydrogens is 404 g/mol. The van der Waals surface area contributed by atoms with E-state index in [2.05, 4.69) is 20.8 Å². The van der Waals surface area contributed by atoms with Crippen molar-refractivity contribution in [3.8, 4) is 11.5 Å². The van der Waals surface area contributed by atoms with Crippen LogP contribution < -0.4 is 4.74 Å². The third-order valence-corrected chi connectivity index (χ3v) is 7.13. The largest absolute Gasteiger partial charge is 0.504 e. The molecule has 1 rings (SSSR count). The zero-order valence-corrected chi connectivity index (χ0v) is 22.8. The summed E-state index contributed by atoms with van der Waals surface area (Å²) in [6, 6.07) is 2.03. The van der Waals surface area contributed by atoms with Gasteiger partial charge in [-0.3, -0.25) is 0 Å². The number of benzene rings is 1. The van der Waals surface area contributed by atoms with E-state index in [0.717, 1.165) is 25.0 Å². The lowest BCUT2D eigenvalue weighted by atomic mass is 9.89. The Hall–Kier alpha value is -1.18. The van der Waals surface area contributed by atoms with Crippen LogP contribution >= 0.6 is 0 Å². The predicted octanol–water partition coefficient (Wildman–Crippen LogP) is 10.1. The molecule has 1 N–H and O–H groups in total. The van der Waals surface area contributed by atoms with Gasteiger partial charge in [-0.2, -0.15) is 0 Å². The molecule has 0 aliphatic carbocycles. The molecule has 0 aromatic heterocycles. The highest BCUT2D eigenvalue weighted by Crippen LogP contribution is 2.38. The van der Waals surface area contributed by atoms with Crippen LogP contribution in [0, 0.1) is 0 Å². The summed E-state index contributed by atoms with van der Waals surface area (Å²) in [5.41, 5.74) is 4.20. The van der Waals surface area contributed by atoms with Gasteiger partial charge in [0.2, 0.25) is 0 Å². The fraction of sp³-hybridized carbons (Fsp3) is 0.806. The number of methoxy groups -OCH3 is 1. The SMILES string of the molecule is CCCCCCCCc1cc(O)c(OC)c(CCCCCCCC)c1CCCCCCCC. The van der Waals surface area contributed by atoms with Gasteiger partial charge in [0.05, 0.1) is 7.11 Å². The summed E-state index contributed by atoms with van der Waals surface area (Å²) < 4.78 is 5.75. The number of rotatable bonds is 22. The summed E-state index contributed by atoms with van der Waals surface area (Å²) in [7, 11) is 1.72. The van der Waals surface area contributed by atoms with Gasteiger partial charge >= 0.3 is 0 Å². The standard InChI is InChI=1S/C31H56O2/c1-5-8-11-14-17-20-23-27-26-30(32)31(33-4)29(25-22-19-16-13-10-7-3)28(27)24-21-18-15-12-9-6-2/h26,32H,5-25H2,1-4H3. The van der Waals surface area contributed by atoms with E-state index in [9.17, 15) is 5.11 Å². The smallest absolute Gasteiger partial charge is 0.163 e. The number of unbranched alkanes of at least 4 members (excludes halogenated alkanes) is 15. The van der Waals surface area contributed by atoms with E-state index in [-0.39, 0.29) is 0 Å². The summed E-state index contributed by atoms with van der Waals surface area (Å²) in [6.07, 6.45) is 26.9. The van der Waals surface area contributed by atoms with Crippen molar-refractivity contribution in [2.75, 3.05) is 7.11 Å². The quantitative estimate of drug-likeness (QED) is 0.174. The van der Waals surface area contributed by atoms with Gasteiger partial charge in [0.1, 0.15) is 0 Å². The van der Waals surface area contributed by atoms with Crippen LogP contribution in [0.15, 0.2) is 6.07 Å². The Morgan fingerprint density at radius 2 is 0.939 bits per heavy atom. The van der Waals surface area contributed by atoms with Gasteiger partial charge in [-0.1, -0.05) is 117 Å². The third-order valence-electron chi connectivity index (χ3n) is 7.13. The molecule has 0 radical (unpaired) electrons. The normalized spacial score (nSPS) is 11.3. The van der Waals surface area contributed by atoms with Crippen molar-refractivity contribution in [3.63, 3.8) is 0 Å². The second kappa shape index (κ2) is 20.2. The van der Waals surface area contributed by atoms with Gasteiger partial charge in [-0.15, -0.1) is 0 Å². The summed E-state index contributed by atoms with van der Waals surface area (Å²) >= 11 is 0. The highest BCUT2D eigenvalue weighted by atomic mass is 16.5. The maximum Gasteiger partial charge on any atom is 0.163 e. The summed E-state index contributed by atoms with van der Waals surface area (Å²) in [6.45, 7) is 6.84. The maximum atomic E-state index is 10.8. The molecule has 0 heterocycles. The highest BCUT2D eigenvalue weighted by Gasteiger charge is 2.18. The van der Waals surface area contributed by atoms with Crippen LogP contribution in [0.3, 0.4) is 0 Å². The van der Waals surface area contributed by atoms with E-state index >= 15 is 0 Å². The number of aromatic hydroxyl groups is 1. The van der Waals surface area contributed by atoms with Crippen molar-refractivity contribution in [1.82, 2.24) is 0 Å². The minimum atomic E-state index is 0.353. The maximum absolute atomic E-state index is 10.8. The molecule has 2 heteroatoms. The molecule has 0 fully saturated rings. The number of phenols is 1. The molecule has 2 nitrogen and oxygen atoms in total. The number of ether oxygens (including phenoxy) is 1. The van der Waals surface area contributed by atoms with Crippen LogP contribution in [0.1, 0.15) is 153 Å². The Labute approximate surface area is 206 Å². The molecule has 1 aromatic carbocycles. The van der Waals surface area contributed by atoms with Crippen LogP contribution in [0.5, 0.6) is 11.5 Å². The van der Waals surface area contributed by atoms with E-state index in [1.807, 2.05) is 6.07 Å². The molecule has 0 aliphatic rings. The first-order valence-corrected chi connectivity index (χ1v) is 14.6. The van der Waals surface area contributed by atoms with Crippen LogP contribution in [-0.4, -0.2) is 12.2 Å². The van der Waals surface area contributed by atoms with Crippen molar-refractivity contribution >= 4 is 0 Å². The third kappa shape index (κ3) is 12.7. The molecule has 0 unspecified atom stereocenters. The second-order valence-corrected chi connectivity index (χ2v) is 10.1. The van der Waals surface area contributed by atoms with Crippen molar-refractivity contribution < 1.29 is 9.84 Å². The number of hydrogen-bond donors (Lipinski definition) is 1. The monoisotopic (exact) mass is 460 g/mol. The lowest BCUT2D eigenvalue weighted by molar-refractivity contribution is 0.367. The molecule has 0 atom stereocenters. The van der Waals surface area contributed by atoms with Gasteiger partial charge in [-0.05, 0) is 55.7 Å². The van der Waals surface area contributed by atoms with Crippen LogP contribution in [0.2, 0.25) is 0 Å². The Bertz CT molecular complexity index is 593. The summed E-state index contributed by atoms with van der Waals surface area (Å²) in [5, 5.41) is 10.8. The van der Waals surface area contributed by atoms with E-state index in [0.29, 0.717) is 5.75 Å². The summed E-state index contributed by atoms with van der Waals surface area (Å²) in [4.78, 5) is 0. The molecule has 0 saturated heterocycles. The average Bonchev–Trinajstić information content (AvgIpc) is 2.81. The molecule has 0 aliphatic heterocycles. The van der Waals surface area contributed by atoms with E-state index < -0.39 is 0 Å². The van der Waals surface area contributed by atoms with Crippen LogP contribution in [0.25, 0.3) is 0 Å². The predicted molar refractivity (Wildman–Crippen MR) is 146 cm³/mol. The fourth-order valence-corrected chi connectivity index (χ4v) is 5.09. The first kappa shape index (κ1) is 29.9. The minimum absolute atomic E-state index is 0.353. The Balaban J connectivity index is 2.87. The highest BCUT2D eigenvalue weighted by molar-refractivity contribution is 5.54. The molecule has 0 bridgehead atoms. The molecular formula is C31H56O2. The van der Waals surface area contributed by atoms with Crippen LogP contribution in [-0.2, 0) is 19.3 Å². The van der Waals surface area contributed by atoms with Crippen molar-refractivity contribution in [3.05, 3.63) is 22.8 Å². The van der Waals surface area contributed by atoms with Gasteiger partial charge < -0.3 is 9.84 Å².